The number of aryl methyl sites for hydroxylation is 2. The van der Waals surface area contributed by atoms with Crippen molar-refractivity contribution >= 4 is 29.0 Å². The van der Waals surface area contributed by atoms with Gasteiger partial charge in [0.2, 0.25) is 0 Å². The van der Waals surface area contributed by atoms with E-state index in [0.717, 1.165) is 11.1 Å². The summed E-state index contributed by atoms with van der Waals surface area (Å²) in [6.45, 7) is 3.46. The van der Waals surface area contributed by atoms with Gasteiger partial charge in [0.15, 0.2) is 6.17 Å². The van der Waals surface area contributed by atoms with Crippen LogP contribution in [0, 0.1) is 13.8 Å². The fourth-order valence-electron chi connectivity index (χ4n) is 3.13. The Morgan fingerprint density at radius 2 is 1.88 bits per heavy atom. The van der Waals surface area contributed by atoms with Crippen molar-refractivity contribution in [2.45, 2.75) is 38.6 Å². The van der Waals surface area contributed by atoms with Crippen molar-refractivity contribution in [3.8, 4) is 0 Å². The number of urea groups is 1. The maximum atomic E-state index is 12.2. The Labute approximate surface area is 150 Å². The van der Waals surface area contributed by atoms with Crippen LogP contribution in [0.15, 0.2) is 17.1 Å². The van der Waals surface area contributed by atoms with Gasteiger partial charge in [-0.3, -0.25) is 10.1 Å². The van der Waals surface area contributed by atoms with Crippen LogP contribution in [0.4, 0.5) is 16.2 Å². The van der Waals surface area contributed by atoms with Crippen LogP contribution < -0.4 is 15.5 Å². The summed E-state index contributed by atoms with van der Waals surface area (Å²) < 4.78 is 0. The van der Waals surface area contributed by atoms with E-state index in [2.05, 4.69) is 15.6 Å². The average molecular weight is 362 g/mol. The normalized spacial score (nSPS) is 21.2. The first-order valence-electron chi connectivity index (χ1n) is 8.35. The summed E-state index contributed by atoms with van der Waals surface area (Å²) in [5, 5.41) is 33.7. The van der Waals surface area contributed by atoms with E-state index in [1.165, 1.54) is 0 Å². The minimum absolute atomic E-state index is 0.0352. The Bertz CT molecular complexity index is 779. The smallest absolute Gasteiger partial charge is 0.323 e. The molecule has 0 saturated carbocycles. The number of fused-ring (bicyclic) bond motifs is 2. The lowest BCUT2D eigenvalue weighted by molar-refractivity contribution is -0.114. The number of carbonyl (C=O) groups is 2. The van der Waals surface area contributed by atoms with Crippen molar-refractivity contribution in [1.29, 1.82) is 0 Å². The molecule has 2 heterocycles. The maximum absolute atomic E-state index is 12.2. The molecule has 1 aromatic rings. The number of amides is 3. The van der Waals surface area contributed by atoms with E-state index in [0.29, 0.717) is 11.4 Å². The van der Waals surface area contributed by atoms with Crippen molar-refractivity contribution in [3.63, 3.8) is 0 Å². The monoisotopic (exact) mass is 362 g/mol. The molecule has 26 heavy (non-hydrogen) atoms. The molecule has 1 fully saturated rings. The van der Waals surface area contributed by atoms with Gasteiger partial charge >= 0.3 is 6.03 Å². The molecule has 1 aromatic carbocycles. The highest BCUT2D eigenvalue weighted by Gasteiger charge is 2.40. The van der Waals surface area contributed by atoms with E-state index in [1.54, 1.807) is 4.90 Å². The van der Waals surface area contributed by atoms with Gasteiger partial charge in [0, 0.05) is 13.0 Å². The Morgan fingerprint density at radius 1 is 1.19 bits per heavy atom. The van der Waals surface area contributed by atoms with Gasteiger partial charge in [-0.25, -0.2) is 9.79 Å². The standard InChI is InChI=1S/C17H22N4O5/c1-8-3-12-13(4-9(8)2)21(6-10(23)5-11(24)7-22)15-14(18-12)16(25)20-17(26)19-15/h3-4,10-11,15,22-24H,5-7H2,1-2H3,(H2,19,20,25,26)/t10-,11+,15?/m1/s1. The first kappa shape index (κ1) is 18.3. The lowest BCUT2D eigenvalue weighted by Gasteiger charge is -2.41. The summed E-state index contributed by atoms with van der Waals surface area (Å²) in [6.07, 6.45) is -2.88. The van der Waals surface area contributed by atoms with Crippen molar-refractivity contribution < 1.29 is 24.9 Å². The predicted octanol–water partition coefficient (Wildman–Crippen LogP) is -0.534. The average Bonchev–Trinajstić information content (AvgIpc) is 2.57. The number of carbonyl (C=O) groups excluding carboxylic acids is 2. The van der Waals surface area contributed by atoms with Gasteiger partial charge in [-0.2, -0.15) is 0 Å². The Hall–Kier alpha value is -2.49. The fraction of sp³-hybridized carbons (Fsp3) is 0.471. The van der Waals surface area contributed by atoms with Gasteiger partial charge < -0.3 is 25.5 Å². The zero-order valence-electron chi connectivity index (χ0n) is 14.6. The molecular weight excluding hydrogens is 340 g/mol. The van der Waals surface area contributed by atoms with Crippen LogP contribution in [0.5, 0.6) is 0 Å². The second-order valence-corrected chi connectivity index (χ2v) is 6.63. The number of benzene rings is 1. The van der Waals surface area contributed by atoms with Crippen molar-refractivity contribution in [1.82, 2.24) is 10.6 Å². The summed E-state index contributed by atoms with van der Waals surface area (Å²) >= 11 is 0. The lowest BCUT2D eigenvalue weighted by atomic mass is 10.0. The summed E-state index contributed by atoms with van der Waals surface area (Å²) in [4.78, 5) is 30.0. The van der Waals surface area contributed by atoms with E-state index in [4.69, 9.17) is 5.11 Å². The number of anilines is 1. The summed E-state index contributed by atoms with van der Waals surface area (Å²) in [6, 6.07) is 3.10. The molecule has 0 bridgehead atoms. The van der Waals surface area contributed by atoms with Crippen LogP contribution >= 0.6 is 0 Å². The summed E-state index contributed by atoms with van der Waals surface area (Å²) in [7, 11) is 0. The van der Waals surface area contributed by atoms with Gasteiger partial charge in [0.25, 0.3) is 5.91 Å². The second kappa shape index (κ2) is 7.02. The molecule has 1 saturated heterocycles. The van der Waals surface area contributed by atoms with Crippen LogP contribution in [-0.2, 0) is 4.79 Å². The number of aliphatic imine (C=N–C) groups is 1. The first-order valence-corrected chi connectivity index (χ1v) is 8.35. The molecule has 0 aliphatic carbocycles. The third kappa shape index (κ3) is 3.41. The van der Waals surface area contributed by atoms with Gasteiger partial charge in [0.05, 0.1) is 30.2 Å². The highest BCUT2D eigenvalue weighted by atomic mass is 16.3. The fourth-order valence-corrected chi connectivity index (χ4v) is 3.13. The molecule has 3 rings (SSSR count). The van der Waals surface area contributed by atoms with Crippen LogP contribution in [-0.4, -0.2) is 64.5 Å². The summed E-state index contributed by atoms with van der Waals surface area (Å²) in [5.41, 5.74) is 3.39. The minimum Gasteiger partial charge on any atom is -0.394 e. The molecule has 2 aliphatic heterocycles. The third-order valence-corrected chi connectivity index (χ3v) is 4.60. The quantitative estimate of drug-likeness (QED) is 0.478. The molecule has 9 nitrogen and oxygen atoms in total. The molecule has 3 atom stereocenters. The number of nitrogens with zero attached hydrogens (tertiary/aromatic N) is 2. The zero-order chi connectivity index (χ0) is 19.0. The number of rotatable bonds is 5. The lowest BCUT2D eigenvalue weighted by Crippen LogP contribution is -2.66. The molecule has 2 aliphatic rings. The Morgan fingerprint density at radius 3 is 2.58 bits per heavy atom. The molecule has 5 N–H and O–H groups in total. The van der Waals surface area contributed by atoms with Gasteiger partial charge in [0.1, 0.15) is 5.71 Å². The second-order valence-electron chi connectivity index (χ2n) is 6.63. The molecule has 0 spiro atoms. The van der Waals surface area contributed by atoms with Crippen molar-refractivity contribution in [3.05, 3.63) is 23.3 Å². The number of β-amino-alcohol motifs (C(OH)–C–C–N with tert-alkyl or cyclic N) is 1. The number of aliphatic hydroxyl groups excluding tert-OH is 3. The van der Waals surface area contributed by atoms with E-state index < -0.39 is 36.9 Å². The van der Waals surface area contributed by atoms with E-state index in [-0.39, 0.29) is 18.7 Å². The SMILES string of the molecule is Cc1cc2c(cc1C)N(C[C@H](O)C[C@H](O)CO)C1NC(=O)NC(=O)C1=N2. The van der Waals surface area contributed by atoms with E-state index >= 15 is 0 Å². The molecule has 9 heteroatoms. The Balaban J connectivity index is 2.00. The first-order chi connectivity index (χ1) is 12.3. The Kier molecular flexibility index (Phi) is 4.94. The topological polar surface area (TPSA) is 134 Å². The predicted molar refractivity (Wildman–Crippen MR) is 94.5 cm³/mol. The maximum Gasteiger partial charge on any atom is 0.323 e. The number of nitrogens with one attached hydrogen (secondary N) is 2. The van der Waals surface area contributed by atoms with Crippen LogP contribution in [0.2, 0.25) is 0 Å². The largest absolute Gasteiger partial charge is 0.394 e. The summed E-state index contributed by atoms with van der Waals surface area (Å²) in [5.74, 6) is -0.586. The molecule has 140 valence electrons. The molecule has 1 unspecified atom stereocenters. The number of imide groups is 1. The number of aliphatic hydroxyl groups is 3. The third-order valence-electron chi connectivity index (χ3n) is 4.60. The molecule has 0 radical (unpaired) electrons. The van der Waals surface area contributed by atoms with Gasteiger partial charge in [-0.1, -0.05) is 0 Å². The van der Waals surface area contributed by atoms with E-state index in [1.807, 2.05) is 26.0 Å². The van der Waals surface area contributed by atoms with Crippen LogP contribution in [0.3, 0.4) is 0 Å². The number of hydrogen-bond donors (Lipinski definition) is 5. The number of hydrogen-bond acceptors (Lipinski definition) is 7. The minimum atomic E-state index is -1.05. The van der Waals surface area contributed by atoms with Crippen LogP contribution in [0.1, 0.15) is 17.5 Å². The van der Waals surface area contributed by atoms with E-state index in [9.17, 15) is 19.8 Å². The van der Waals surface area contributed by atoms with Crippen molar-refractivity contribution in [2.75, 3.05) is 18.1 Å². The molecular formula is C17H22N4O5. The van der Waals surface area contributed by atoms with Crippen molar-refractivity contribution in [2.24, 2.45) is 4.99 Å². The van der Waals surface area contributed by atoms with Gasteiger partial charge in [-0.05, 0) is 37.1 Å². The van der Waals surface area contributed by atoms with Gasteiger partial charge in [-0.15, -0.1) is 0 Å². The van der Waals surface area contributed by atoms with Crippen LogP contribution in [0.25, 0.3) is 0 Å². The zero-order valence-corrected chi connectivity index (χ0v) is 14.6. The highest BCUT2D eigenvalue weighted by Crippen LogP contribution is 2.37. The highest BCUT2D eigenvalue weighted by molar-refractivity contribution is 6.46. The molecule has 0 aromatic heterocycles. The molecule has 3 amide bonds.